The molecule has 0 atom stereocenters. The first kappa shape index (κ1) is 13.5. The van der Waals surface area contributed by atoms with Crippen LogP contribution in [0.5, 0.6) is 0 Å². The second-order valence-electron chi connectivity index (χ2n) is 4.32. The van der Waals surface area contributed by atoms with E-state index < -0.39 is 6.69 Å². The van der Waals surface area contributed by atoms with Crippen LogP contribution >= 0.6 is 45.4 Å². The van der Waals surface area contributed by atoms with Crippen molar-refractivity contribution in [2.24, 2.45) is 0 Å². The van der Waals surface area contributed by atoms with Crippen LogP contribution in [0.1, 0.15) is 11.1 Å². The normalized spacial score (nSPS) is 16.1. The van der Waals surface area contributed by atoms with E-state index in [1.165, 1.54) is 0 Å². The zero-order valence-corrected chi connectivity index (χ0v) is 13.7. The smallest absolute Gasteiger partial charge is 0.134 e. The molecular weight excluding hydrogens is 338 g/mol. The summed E-state index contributed by atoms with van der Waals surface area (Å²) in [6.45, 7) is -2.83. The van der Waals surface area contributed by atoms with Crippen molar-refractivity contribution < 1.29 is 0 Å². The zero-order valence-electron chi connectivity index (χ0n) is 9.63. The van der Waals surface area contributed by atoms with Gasteiger partial charge in [0.15, 0.2) is 0 Å². The summed E-state index contributed by atoms with van der Waals surface area (Å²) in [4.78, 5) is 0. The Kier molecular flexibility index (Phi) is 3.44. The lowest BCUT2D eigenvalue weighted by molar-refractivity contribution is 1.70. The van der Waals surface area contributed by atoms with E-state index in [1.807, 2.05) is 42.5 Å². The molecule has 0 saturated carbocycles. The van der Waals surface area contributed by atoms with Gasteiger partial charge in [-0.1, -0.05) is 59.6 Å². The van der Waals surface area contributed by atoms with Gasteiger partial charge < -0.3 is 0 Å². The maximum atomic E-state index is 6.73. The molecule has 1 aliphatic heterocycles. The Hall–Kier alpha value is -0.443. The average Bonchev–Trinajstić information content (AvgIpc) is 2.46. The highest BCUT2D eigenvalue weighted by molar-refractivity contribution is 7.56. The molecular formula is C14H8Cl4Si. The van der Waals surface area contributed by atoms with Crippen molar-refractivity contribution in [3.05, 3.63) is 58.6 Å². The third-order valence-corrected chi connectivity index (χ3v) is 8.45. The Morgan fingerprint density at radius 1 is 0.789 bits per heavy atom. The minimum atomic E-state index is -2.83. The van der Waals surface area contributed by atoms with Gasteiger partial charge in [0.25, 0.3) is 0 Å². The van der Waals surface area contributed by atoms with Crippen molar-refractivity contribution in [3.63, 3.8) is 0 Å². The van der Waals surface area contributed by atoms with Gasteiger partial charge >= 0.3 is 6.69 Å². The number of hydrogen-bond donors (Lipinski definition) is 0. The monoisotopic (exact) mass is 344 g/mol. The van der Waals surface area contributed by atoms with E-state index >= 15 is 0 Å². The lowest BCUT2D eigenvalue weighted by atomic mass is 10.1. The predicted octanol–water partition coefficient (Wildman–Crippen LogP) is 4.42. The third-order valence-electron chi connectivity index (χ3n) is 3.17. The maximum absolute atomic E-state index is 6.73. The molecule has 0 bridgehead atoms. The highest BCUT2D eigenvalue weighted by Crippen LogP contribution is 2.33. The summed E-state index contributed by atoms with van der Waals surface area (Å²) in [7, 11) is 0. The van der Waals surface area contributed by atoms with Crippen molar-refractivity contribution in [1.82, 2.24) is 0 Å². The largest absolute Gasteiger partial charge is 0.311 e. The molecule has 0 nitrogen and oxygen atoms in total. The lowest BCUT2D eigenvalue weighted by Gasteiger charge is -2.20. The van der Waals surface area contributed by atoms with Gasteiger partial charge in [0.05, 0.1) is 0 Å². The standard InChI is InChI=1S/C14H8Cl4Si/c15-10-5-3-7-13-14(10)11(16)8-9-4-1-2-6-12(9)19(13,17)18/h1-8H. The van der Waals surface area contributed by atoms with Crippen molar-refractivity contribution in [1.29, 1.82) is 0 Å². The summed E-state index contributed by atoms with van der Waals surface area (Å²) in [6.07, 6.45) is 1.88. The summed E-state index contributed by atoms with van der Waals surface area (Å²) in [5.41, 5.74) is 1.70. The molecule has 0 spiro atoms. The van der Waals surface area contributed by atoms with Crippen LogP contribution in [0.3, 0.4) is 0 Å². The van der Waals surface area contributed by atoms with Crippen molar-refractivity contribution in [2.45, 2.75) is 0 Å². The first-order valence-corrected chi connectivity index (χ1v) is 10.4. The molecule has 19 heavy (non-hydrogen) atoms. The van der Waals surface area contributed by atoms with Crippen LogP contribution in [0.15, 0.2) is 42.5 Å². The Balaban J connectivity index is 2.43. The molecule has 0 aromatic heterocycles. The molecule has 0 amide bonds. The molecule has 2 aromatic rings. The molecule has 0 aliphatic carbocycles. The molecule has 0 fully saturated rings. The van der Waals surface area contributed by atoms with Crippen molar-refractivity contribution >= 4 is 73.5 Å². The average molecular weight is 346 g/mol. The summed E-state index contributed by atoms with van der Waals surface area (Å²) < 4.78 is 0. The van der Waals surface area contributed by atoms with Crippen molar-refractivity contribution in [2.75, 3.05) is 0 Å². The fourth-order valence-corrected chi connectivity index (χ4v) is 7.08. The molecule has 0 saturated heterocycles. The van der Waals surface area contributed by atoms with E-state index in [0.29, 0.717) is 10.1 Å². The molecule has 0 radical (unpaired) electrons. The number of hydrogen-bond acceptors (Lipinski definition) is 0. The van der Waals surface area contributed by atoms with E-state index in [0.717, 1.165) is 21.5 Å². The predicted molar refractivity (Wildman–Crippen MR) is 88.3 cm³/mol. The van der Waals surface area contributed by atoms with E-state index in [4.69, 9.17) is 45.4 Å². The first-order chi connectivity index (χ1) is 9.01. The van der Waals surface area contributed by atoms with Gasteiger partial charge in [0.1, 0.15) is 0 Å². The number of halogens is 4. The lowest BCUT2D eigenvalue weighted by Crippen LogP contribution is -2.50. The quantitative estimate of drug-likeness (QED) is 0.489. The Labute approximate surface area is 132 Å². The maximum Gasteiger partial charge on any atom is 0.311 e. The highest BCUT2D eigenvalue weighted by atomic mass is 35.7. The second-order valence-corrected chi connectivity index (χ2v) is 11.3. The molecule has 1 heterocycles. The molecule has 0 unspecified atom stereocenters. The van der Waals surface area contributed by atoms with Crippen LogP contribution in [-0.2, 0) is 0 Å². The van der Waals surface area contributed by atoms with Crippen LogP contribution in [0.2, 0.25) is 5.02 Å². The van der Waals surface area contributed by atoms with Gasteiger partial charge in [-0.2, -0.15) is 0 Å². The Bertz CT molecular complexity index is 692. The van der Waals surface area contributed by atoms with Crippen LogP contribution in [0.4, 0.5) is 0 Å². The van der Waals surface area contributed by atoms with Gasteiger partial charge in [-0.3, -0.25) is 0 Å². The van der Waals surface area contributed by atoms with E-state index in [1.54, 1.807) is 6.07 Å². The molecule has 96 valence electrons. The van der Waals surface area contributed by atoms with E-state index in [-0.39, 0.29) is 0 Å². The number of rotatable bonds is 0. The summed E-state index contributed by atoms with van der Waals surface area (Å²) in [6, 6.07) is 13.3. The number of benzene rings is 2. The Morgan fingerprint density at radius 3 is 2.26 bits per heavy atom. The van der Waals surface area contributed by atoms with Crippen molar-refractivity contribution in [3.8, 4) is 0 Å². The van der Waals surface area contributed by atoms with Crippen LogP contribution in [0, 0.1) is 0 Å². The minimum absolute atomic E-state index is 0.573. The zero-order chi connectivity index (χ0) is 13.6. The minimum Gasteiger partial charge on any atom is -0.134 e. The van der Waals surface area contributed by atoms with Gasteiger partial charge in [-0.15, -0.1) is 22.2 Å². The van der Waals surface area contributed by atoms with Gasteiger partial charge in [0.2, 0.25) is 0 Å². The summed E-state index contributed by atoms with van der Waals surface area (Å²) in [5.74, 6) is 0. The van der Waals surface area contributed by atoms with Crippen LogP contribution < -0.4 is 10.4 Å². The SMILES string of the molecule is ClC1=Cc2ccccc2[Si](Cl)(Cl)c2cccc(Cl)c21. The second kappa shape index (κ2) is 4.83. The van der Waals surface area contributed by atoms with Crippen LogP contribution in [0.25, 0.3) is 11.1 Å². The number of fused-ring (bicyclic) bond motifs is 2. The first-order valence-electron chi connectivity index (χ1n) is 5.65. The topological polar surface area (TPSA) is 0 Å². The fourth-order valence-electron chi connectivity index (χ4n) is 2.29. The van der Waals surface area contributed by atoms with E-state index in [2.05, 4.69) is 0 Å². The Morgan fingerprint density at radius 2 is 1.47 bits per heavy atom. The molecule has 1 aliphatic rings. The van der Waals surface area contributed by atoms with Crippen LogP contribution in [-0.4, -0.2) is 6.69 Å². The summed E-state index contributed by atoms with van der Waals surface area (Å²) >= 11 is 26.1. The molecule has 0 N–H and O–H groups in total. The molecule has 3 rings (SSSR count). The van der Waals surface area contributed by atoms with Gasteiger partial charge in [-0.25, -0.2) is 0 Å². The molecule has 2 aromatic carbocycles. The van der Waals surface area contributed by atoms with E-state index in [9.17, 15) is 0 Å². The highest BCUT2D eigenvalue weighted by Gasteiger charge is 2.39. The fraction of sp³-hybridized carbons (Fsp3) is 0. The summed E-state index contributed by atoms with van der Waals surface area (Å²) in [5, 5.41) is 2.93. The molecule has 5 heteroatoms. The van der Waals surface area contributed by atoms with Gasteiger partial charge in [-0.05, 0) is 28.1 Å². The van der Waals surface area contributed by atoms with Gasteiger partial charge in [0, 0.05) is 15.6 Å². The third kappa shape index (κ3) is 2.14.